The molecule has 0 unspecified atom stereocenters. The zero-order valence-electron chi connectivity index (χ0n) is 36.1. The highest BCUT2D eigenvalue weighted by Gasteiger charge is 2.11. The Kier molecular flexibility index (Phi) is 14.6. The first-order chi connectivity index (χ1) is 32.4. The van der Waals surface area contributed by atoms with Crippen molar-refractivity contribution >= 4 is 67.6 Å². The van der Waals surface area contributed by atoms with Crippen LogP contribution in [-0.4, -0.2) is 35.4 Å². The monoisotopic (exact) mass is 876 g/mol. The molecule has 8 rings (SSSR count). The summed E-state index contributed by atoms with van der Waals surface area (Å²) in [5.41, 5.74) is 7.55. The van der Waals surface area contributed by atoms with Gasteiger partial charge in [-0.1, -0.05) is 72.8 Å². The molecular weight excluding hydrogens is 829 g/mol. The first-order valence-corrected chi connectivity index (χ1v) is 21.8. The summed E-state index contributed by atoms with van der Waals surface area (Å²) in [7, 11) is 0. The fourth-order valence-electron chi connectivity index (χ4n) is 7.28. The lowest BCUT2D eigenvalue weighted by atomic mass is 10.1. The van der Waals surface area contributed by atoms with Gasteiger partial charge in [0.1, 0.15) is 11.5 Å². The first-order valence-electron chi connectivity index (χ1n) is 21.8. The zero-order valence-corrected chi connectivity index (χ0v) is 36.1. The van der Waals surface area contributed by atoms with Crippen LogP contribution in [0.25, 0.3) is 21.5 Å². The number of ether oxygens (including phenoxy) is 2. The van der Waals surface area contributed by atoms with Gasteiger partial charge in [0.15, 0.2) is 0 Å². The molecule has 0 fully saturated rings. The number of azo groups is 2. The molecule has 0 spiro atoms. The van der Waals surface area contributed by atoms with Crippen molar-refractivity contribution in [1.29, 1.82) is 0 Å². The largest absolute Gasteiger partial charge is 0.508 e. The molecule has 12 heteroatoms. The van der Waals surface area contributed by atoms with Crippen molar-refractivity contribution < 1.29 is 29.3 Å². The number of anilines is 2. The Hall–Kier alpha value is -8.38. The number of nitrogens with zero attached hydrogens (tertiary/aromatic N) is 4. The number of hydrogen-bond acceptors (Lipinski definition) is 12. The lowest BCUT2D eigenvalue weighted by molar-refractivity contribution is 0.0473. The Morgan fingerprint density at radius 1 is 0.409 bits per heavy atom. The van der Waals surface area contributed by atoms with Gasteiger partial charge in [0.2, 0.25) is 0 Å². The third-order valence-electron chi connectivity index (χ3n) is 10.9. The molecule has 0 saturated heterocycles. The highest BCUT2D eigenvalue weighted by Crippen LogP contribution is 2.35. The van der Waals surface area contributed by atoms with Crippen molar-refractivity contribution in [3.63, 3.8) is 0 Å². The number of hydrogen-bond donors (Lipinski definition) is 4. The number of fused-ring (bicyclic) bond motifs is 2. The molecule has 12 nitrogen and oxygen atoms in total. The third kappa shape index (κ3) is 11.8. The molecule has 8 aromatic rings. The minimum Gasteiger partial charge on any atom is -0.508 e. The number of unbranched alkanes of at least 4 members (excludes halogenated alkanes) is 3. The minimum absolute atomic E-state index is 0.237. The van der Waals surface area contributed by atoms with E-state index in [1.54, 1.807) is 72.8 Å². The van der Waals surface area contributed by atoms with Gasteiger partial charge in [0.05, 0.1) is 47.1 Å². The van der Waals surface area contributed by atoms with Gasteiger partial charge in [-0.05, 0) is 134 Å². The summed E-state index contributed by atoms with van der Waals surface area (Å²) in [5.74, 6) is -0.331. The number of aromatic hydroxyl groups is 2. The van der Waals surface area contributed by atoms with E-state index in [0.717, 1.165) is 68.3 Å². The molecule has 0 radical (unpaired) electrons. The van der Waals surface area contributed by atoms with E-state index in [9.17, 15) is 19.8 Å². The highest BCUT2D eigenvalue weighted by molar-refractivity contribution is 6.02. The number of benzene rings is 8. The first kappa shape index (κ1) is 44.2. The molecule has 0 saturated carbocycles. The van der Waals surface area contributed by atoms with Crippen LogP contribution in [0.2, 0.25) is 0 Å². The summed E-state index contributed by atoms with van der Waals surface area (Å²) in [6, 6.07) is 51.7. The molecule has 8 aromatic carbocycles. The van der Waals surface area contributed by atoms with Crippen molar-refractivity contribution in [2.24, 2.45) is 20.5 Å². The van der Waals surface area contributed by atoms with Gasteiger partial charge in [0.25, 0.3) is 0 Å². The maximum atomic E-state index is 12.7. The molecule has 0 aromatic heterocycles. The Morgan fingerprint density at radius 2 is 0.788 bits per heavy atom. The van der Waals surface area contributed by atoms with Crippen molar-refractivity contribution in [2.45, 2.75) is 38.8 Å². The van der Waals surface area contributed by atoms with Crippen LogP contribution in [0.4, 0.5) is 34.1 Å². The summed E-state index contributed by atoms with van der Waals surface area (Å²) >= 11 is 0. The number of carbonyl (C=O) groups excluding carboxylic acids is 2. The molecular formula is C54H48N6O6. The Morgan fingerprint density at radius 3 is 1.18 bits per heavy atom. The van der Waals surface area contributed by atoms with Crippen LogP contribution in [0, 0.1) is 0 Å². The van der Waals surface area contributed by atoms with E-state index in [0.29, 0.717) is 48.4 Å². The molecule has 0 aliphatic heterocycles. The van der Waals surface area contributed by atoms with Gasteiger partial charge < -0.3 is 30.3 Å². The van der Waals surface area contributed by atoms with Crippen molar-refractivity contribution in [3.05, 3.63) is 192 Å². The normalized spacial score (nSPS) is 11.3. The predicted octanol–water partition coefficient (Wildman–Crippen LogP) is 14.0. The molecule has 66 heavy (non-hydrogen) atoms. The topological polar surface area (TPSA) is 167 Å². The average molecular weight is 877 g/mol. The number of nitrogens with one attached hydrogen (secondary N) is 2. The van der Waals surface area contributed by atoms with Crippen LogP contribution in [-0.2, 0) is 22.6 Å². The van der Waals surface area contributed by atoms with Crippen LogP contribution in [0.15, 0.2) is 190 Å². The van der Waals surface area contributed by atoms with E-state index < -0.39 is 11.9 Å². The number of carbonyl (C=O) groups is 2. The van der Waals surface area contributed by atoms with Gasteiger partial charge in [-0.15, -0.1) is 10.2 Å². The van der Waals surface area contributed by atoms with Crippen molar-refractivity contribution in [2.75, 3.05) is 23.8 Å². The summed E-state index contributed by atoms with van der Waals surface area (Å²) in [5, 5.41) is 47.9. The molecule has 0 heterocycles. The lowest BCUT2D eigenvalue weighted by Gasteiger charge is -2.11. The number of esters is 2. The second kappa shape index (κ2) is 21.8. The SMILES string of the molecule is O=C(OCCCCCCOC(=O)c1ccc(/N=N/c2ccc(NCc3ccc(O)cc3)c3ccccc23)cc1)c1ccc(N=Nc2ccc(NCc3ccc(O)cc3)c3ccccc23)cc1. The molecule has 0 amide bonds. The van der Waals surface area contributed by atoms with Gasteiger partial charge >= 0.3 is 11.9 Å². The van der Waals surface area contributed by atoms with Crippen molar-refractivity contribution in [1.82, 2.24) is 0 Å². The lowest BCUT2D eigenvalue weighted by Crippen LogP contribution is -2.07. The van der Waals surface area contributed by atoms with Crippen LogP contribution in [0.1, 0.15) is 57.5 Å². The maximum Gasteiger partial charge on any atom is 0.338 e. The fraction of sp³-hybridized carbons (Fsp3) is 0.148. The molecule has 0 aliphatic carbocycles. The fourth-order valence-corrected chi connectivity index (χ4v) is 7.28. The highest BCUT2D eigenvalue weighted by atomic mass is 16.5. The Labute approximate surface area is 382 Å². The Bertz CT molecular complexity index is 2770. The third-order valence-corrected chi connectivity index (χ3v) is 10.9. The number of phenolic OH excluding ortho intramolecular Hbond substituents is 2. The van der Waals surface area contributed by atoms with E-state index in [1.165, 1.54) is 0 Å². The summed E-state index contributed by atoms with van der Waals surface area (Å²) in [4.78, 5) is 25.4. The molecule has 330 valence electrons. The van der Waals surface area contributed by atoms with Crippen LogP contribution in [0.3, 0.4) is 0 Å². The predicted molar refractivity (Wildman–Crippen MR) is 259 cm³/mol. The number of phenols is 2. The van der Waals surface area contributed by atoms with E-state index in [-0.39, 0.29) is 24.7 Å². The van der Waals surface area contributed by atoms with Crippen LogP contribution >= 0.6 is 0 Å². The smallest absolute Gasteiger partial charge is 0.338 e. The van der Waals surface area contributed by atoms with E-state index in [1.807, 2.05) is 97.1 Å². The van der Waals surface area contributed by atoms with E-state index >= 15 is 0 Å². The van der Waals surface area contributed by atoms with E-state index in [4.69, 9.17) is 9.47 Å². The van der Waals surface area contributed by atoms with Crippen molar-refractivity contribution in [3.8, 4) is 11.5 Å². The zero-order chi connectivity index (χ0) is 45.5. The molecule has 0 aliphatic rings. The minimum atomic E-state index is -0.403. The maximum absolute atomic E-state index is 12.7. The van der Waals surface area contributed by atoms with Gasteiger partial charge in [0, 0.05) is 46.0 Å². The van der Waals surface area contributed by atoms with Crippen LogP contribution in [0.5, 0.6) is 11.5 Å². The average Bonchev–Trinajstić information content (AvgIpc) is 3.36. The summed E-state index contributed by atoms with van der Waals surface area (Å²) in [6.07, 6.45) is 3.03. The molecule has 4 N–H and O–H groups in total. The second-order valence-corrected chi connectivity index (χ2v) is 15.6. The second-order valence-electron chi connectivity index (χ2n) is 15.6. The number of rotatable bonds is 19. The summed E-state index contributed by atoms with van der Waals surface area (Å²) in [6.45, 7) is 1.79. The molecule has 0 atom stereocenters. The Balaban J connectivity index is 0.726. The van der Waals surface area contributed by atoms with Gasteiger partial charge in [-0.3, -0.25) is 0 Å². The summed E-state index contributed by atoms with van der Waals surface area (Å²) < 4.78 is 11.0. The quantitative estimate of drug-likeness (QED) is 0.0354. The van der Waals surface area contributed by atoms with Gasteiger partial charge in [-0.2, -0.15) is 10.2 Å². The van der Waals surface area contributed by atoms with Gasteiger partial charge in [-0.25, -0.2) is 9.59 Å². The van der Waals surface area contributed by atoms with E-state index in [2.05, 4.69) is 31.1 Å². The molecule has 0 bridgehead atoms. The standard InChI is InChI=1S/C54H48N6O6/c61-43-25-13-37(14-26-43)35-55-49-29-31-51(47-11-5-3-9-45(47)49)59-57-41-21-17-39(18-22-41)53(63)65-33-7-1-2-8-34-66-54(64)40-19-23-42(24-20-40)58-60-52-32-30-50(46-10-4-6-12-48(46)52)56-36-38-15-27-44(62)28-16-38/h3-6,9-32,55-56,61-62H,1-2,7-8,33-36H2/b59-57+,60-58?. The van der Waals surface area contributed by atoms with Crippen LogP contribution < -0.4 is 10.6 Å².